The van der Waals surface area contributed by atoms with Gasteiger partial charge in [0, 0.05) is 6.07 Å². The van der Waals surface area contributed by atoms with Crippen LogP contribution >= 0.6 is 11.6 Å². The first kappa shape index (κ1) is 7.94. The van der Waals surface area contributed by atoms with Gasteiger partial charge in [0.1, 0.15) is 5.15 Å². The third-order valence-electron chi connectivity index (χ3n) is 1.00. The smallest absolute Gasteiger partial charge is 0.218 e. The van der Waals surface area contributed by atoms with Gasteiger partial charge in [-0.25, -0.2) is 4.98 Å². The zero-order chi connectivity index (χ0) is 8.27. The highest BCUT2D eigenvalue weighted by Crippen LogP contribution is 2.11. The molecule has 0 aliphatic carbocycles. The topological polar surface area (TPSA) is 52.1 Å². The lowest BCUT2D eigenvalue weighted by Crippen LogP contribution is -1.95. The van der Waals surface area contributed by atoms with Gasteiger partial charge in [-0.15, -0.1) is 0 Å². The van der Waals surface area contributed by atoms with Crippen LogP contribution in [-0.2, 0) is 0 Å². The fourth-order valence-corrected chi connectivity index (χ4v) is 0.751. The average molecular weight is 173 g/mol. The number of methoxy groups -OCH3 is 1. The third-order valence-corrected chi connectivity index (χ3v) is 1.20. The van der Waals surface area contributed by atoms with Gasteiger partial charge in [0.2, 0.25) is 5.88 Å². The summed E-state index contributed by atoms with van der Waals surface area (Å²) in [5.74, 6) is 0.307. The predicted molar refractivity (Wildman–Crippen MR) is 39.0 cm³/mol. The van der Waals surface area contributed by atoms with Gasteiger partial charge in [0.15, 0.2) is 12.1 Å². The minimum absolute atomic E-state index is 0.0225. The minimum Gasteiger partial charge on any atom is -0.481 e. The molecular formula is C6H5ClN2O2. The number of hydrogen-bond acceptors (Lipinski definition) is 4. The molecule has 1 aromatic heterocycles. The van der Waals surface area contributed by atoms with Gasteiger partial charge in [-0.05, 0) is 0 Å². The van der Waals surface area contributed by atoms with E-state index in [1.165, 1.54) is 13.2 Å². The minimum atomic E-state index is 0.0225. The Morgan fingerprint density at radius 2 is 2.36 bits per heavy atom. The Balaban J connectivity index is 3.11. The number of aromatic nitrogens is 2. The monoisotopic (exact) mass is 172 g/mol. The lowest BCUT2D eigenvalue weighted by molar-refractivity contribution is 0.111. The first-order chi connectivity index (χ1) is 5.26. The maximum atomic E-state index is 10.2. The highest BCUT2D eigenvalue weighted by molar-refractivity contribution is 6.29. The van der Waals surface area contributed by atoms with Gasteiger partial charge in [-0.1, -0.05) is 11.6 Å². The quantitative estimate of drug-likeness (QED) is 0.492. The number of nitrogens with zero attached hydrogens (tertiary/aromatic N) is 2. The van der Waals surface area contributed by atoms with Crippen molar-refractivity contribution in [2.45, 2.75) is 0 Å². The molecule has 0 radical (unpaired) electrons. The van der Waals surface area contributed by atoms with Crippen molar-refractivity contribution in [1.82, 2.24) is 9.97 Å². The van der Waals surface area contributed by atoms with E-state index in [4.69, 9.17) is 16.3 Å². The SMILES string of the molecule is COc1cc(Cl)nc(C=O)n1. The van der Waals surface area contributed by atoms with Crippen LogP contribution in [0.25, 0.3) is 0 Å². The van der Waals surface area contributed by atoms with Crippen LogP contribution in [0.2, 0.25) is 5.15 Å². The van der Waals surface area contributed by atoms with Crippen LogP contribution in [0.5, 0.6) is 5.88 Å². The summed E-state index contributed by atoms with van der Waals surface area (Å²) >= 11 is 5.52. The molecule has 0 aliphatic rings. The summed E-state index contributed by atoms with van der Waals surface area (Å²) in [6, 6.07) is 1.43. The molecule has 4 nitrogen and oxygen atoms in total. The molecule has 1 aromatic rings. The molecule has 0 aliphatic heterocycles. The molecule has 1 heterocycles. The van der Waals surface area contributed by atoms with Crippen LogP contribution in [0.15, 0.2) is 6.07 Å². The van der Waals surface area contributed by atoms with Crippen LogP contribution in [0, 0.1) is 0 Å². The summed E-state index contributed by atoms with van der Waals surface area (Å²) < 4.78 is 4.74. The Bertz CT molecular complexity index is 277. The van der Waals surface area contributed by atoms with E-state index < -0.39 is 0 Å². The van der Waals surface area contributed by atoms with Crippen molar-refractivity contribution >= 4 is 17.9 Å². The maximum Gasteiger partial charge on any atom is 0.218 e. The Kier molecular flexibility index (Phi) is 2.38. The lowest BCUT2D eigenvalue weighted by atomic mass is 10.6. The molecule has 0 saturated carbocycles. The Hall–Kier alpha value is -1.16. The van der Waals surface area contributed by atoms with Crippen molar-refractivity contribution in [3.63, 3.8) is 0 Å². The van der Waals surface area contributed by atoms with E-state index in [1.54, 1.807) is 0 Å². The van der Waals surface area contributed by atoms with Crippen molar-refractivity contribution in [3.8, 4) is 5.88 Å². The van der Waals surface area contributed by atoms with Crippen LogP contribution in [0.4, 0.5) is 0 Å². The van der Waals surface area contributed by atoms with E-state index >= 15 is 0 Å². The number of hydrogen-bond donors (Lipinski definition) is 0. The maximum absolute atomic E-state index is 10.2. The Morgan fingerprint density at radius 1 is 1.64 bits per heavy atom. The van der Waals surface area contributed by atoms with Crippen molar-refractivity contribution in [3.05, 3.63) is 17.0 Å². The molecule has 0 fully saturated rings. The zero-order valence-corrected chi connectivity index (χ0v) is 6.50. The molecular weight excluding hydrogens is 168 g/mol. The Morgan fingerprint density at radius 3 is 2.91 bits per heavy atom. The molecule has 5 heteroatoms. The number of rotatable bonds is 2. The van der Waals surface area contributed by atoms with Gasteiger partial charge >= 0.3 is 0 Å². The van der Waals surface area contributed by atoms with Crippen LogP contribution in [-0.4, -0.2) is 23.4 Å². The highest BCUT2D eigenvalue weighted by atomic mass is 35.5. The lowest BCUT2D eigenvalue weighted by Gasteiger charge is -1.97. The number of carbonyl (C=O) groups excluding carboxylic acids is 1. The predicted octanol–water partition coefficient (Wildman–Crippen LogP) is 0.951. The van der Waals surface area contributed by atoms with E-state index in [9.17, 15) is 4.79 Å². The number of ether oxygens (including phenoxy) is 1. The molecule has 0 bridgehead atoms. The summed E-state index contributed by atoms with van der Waals surface area (Å²) in [4.78, 5) is 17.5. The van der Waals surface area contributed by atoms with E-state index in [-0.39, 0.29) is 16.9 Å². The van der Waals surface area contributed by atoms with Crippen LogP contribution in [0.1, 0.15) is 10.6 Å². The fraction of sp³-hybridized carbons (Fsp3) is 0.167. The second-order valence-electron chi connectivity index (χ2n) is 1.71. The molecule has 0 saturated heterocycles. The van der Waals surface area contributed by atoms with Crippen LogP contribution in [0.3, 0.4) is 0 Å². The molecule has 0 spiro atoms. The molecule has 0 N–H and O–H groups in total. The molecule has 58 valence electrons. The van der Waals surface area contributed by atoms with Gasteiger partial charge < -0.3 is 4.74 Å². The van der Waals surface area contributed by atoms with Gasteiger partial charge in [0.05, 0.1) is 7.11 Å². The van der Waals surface area contributed by atoms with Gasteiger partial charge in [-0.3, -0.25) is 4.79 Å². The molecule has 0 unspecified atom stereocenters. The normalized spacial score (nSPS) is 9.27. The third kappa shape index (κ3) is 1.88. The van der Waals surface area contributed by atoms with Crippen molar-refractivity contribution in [2.24, 2.45) is 0 Å². The number of halogens is 1. The zero-order valence-electron chi connectivity index (χ0n) is 5.74. The first-order valence-electron chi connectivity index (χ1n) is 2.80. The van der Waals surface area contributed by atoms with Crippen molar-refractivity contribution in [1.29, 1.82) is 0 Å². The molecule has 0 aromatic carbocycles. The molecule has 11 heavy (non-hydrogen) atoms. The largest absolute Gasteiger partial charge is 0.481 e. The van der Waals surface area contributed by atoms with Crippen molar-refractivity contribution in [2.75, 3.05) is 7.11 Å². The summed E-state index contributed by atoms with van der Waals surface area (Å²) in [6.07, 6.45) is 0.508. The van der Waals surface area contributed by atoms with E-state index in [0.717, 1.165) is 0 Å². The van der Waals surface area contributed by atoms with E-state index in [0.29, 0.717) is 6.29 Å². The first-order valence-corrected chi connectivity index (χ1v) is 3.18. The van der Waals surface area contributed by atoms with E-state index in [2.05, 4.69) is 9.97 Å². The Labute approximate surface area is 68.2 Å². The average Bonchev–Trinajstić information content (AvgIpc) is 2.03. The second kappa shape index (κ2) is 3.30. The standard InChI is InChI=1S/C6H5ClN2O2/c1-11-6-2-4(7)8-5(3-10)9-6/h2-3H,1H3. The number of carbonyl (C=O) groups is 1. The fourth-order valence-electron chi connectivity index (χ4n) is 0.571. The summed E-state index contributed by atoms with van der Waals surface area (Å²) in [7, 11) is 1.44. The number of aldehydes is 1. The molecule has 0 atom stereocenters. The summed E-state index contributed by atoms with van der Waals surface area (Å²) in [6.45, 7) is 0. The van der Waals surface area contributed by atoms with E-state index in [1.807, 2.05) is 0 Å². The molecule has 0 amide bonds. The second-order valence-corrected chi connectivity index (χ2v) is 2.10. The summed E-state index contributed by atoms with van der Waals surface area (Å²) in [5.41, 5.74) is 0. The molecule has 1 rings (SSSR count). The van der Waals surface area contributed by atoms with Gasteiger partial charge in [0.25, 0.3) is 0 Å². The van der Waals surface area contributed by atoms with Gasteiger partial charge in [-0.2, -0.15) is 4.98 Å². The van der Waals surface area contributed by atoms with Crippen molar-refractivity contribution < 1.29 is 9.53 Å². The highest BCUT2D eigenvalue weighted by Gasteiger charge is 2.00. The summed E-state index contributed by atoms with van der Waals surface area (Å²) in [5, 5.41) is 0.193. The van der Waals surface area contributed by atoms with Crippen LogP contribution < -0.4 is 4.74 Å².